The van der Waals surface area contributed by atoms with E-state index in [4.69, 9.17) is 4.74 Å². The molecule has 1 aromatic carbocycles. The number of esters is 1. The SMILES string of the molecule is CCCCOC(=O)/C(=C/NC1CCC1)C(=O)c1c(F)c(C)c(F)c(F)c1[N+](=O)[O-]. The van der Waals surface area contributed by atoms with Crippen LogP contribution in [0.3, 0.4) is 0 Å². The predicted octanol–water partition coefficient (Wildman–Crippen LogP) is 3.87. The molecule has 1 aromatic rings. The number of nitrogens with one attached hydrogen (secondary N) is 1. The fourth-order valence-corrected chi connectivity index (χ4v) is 2.66. The van der Waals surface area contributed by atoms with Gasteiger partial charge in [0.15, 0.2) is 5.82 Å². The molecule has 0 aliphatic heterocycles. The number of nitrogens with zero attached hydrogens (tertiary/aromatic N) is 1. The molecule has 0 aromatic heterocycles. The van der Waals surface area contributed by atoms with E-state index >= 15 is 0 Å². The maximum absolute atomic E-state index is 14.6. The van der Waals surface area contributed by atoms with Crippen LogP contribution in [0.1, 0.15) is 54.9 Å². The number of ether oxygens (including phenoxy) is 1. The first-order chi connectivity index (χ1) is 13.7. The van der Waals surface area contributed by atoms with Crippen molar-refractivity contribution in [2.24, 2.45) is 0 Å². The van der Waals surface area contributed by atoms with Crippen LogP contribution in [0.5, 0.6) is 0 Å². The molecule has 0 heterocycles. The largest absolute Gasteiger partial charge is 0.462 e. The number of nitro benzene ring substituents is 1. The summed E-state index contributed by atoms with van der Waals surface area (Å²) in [6.07, 6.45) is 4.70. The number of halogens is 3. The summed E-state index contributed by atoms with van der Waals surface area (Å²) >= 11 is 0. The number of rotatable bonds is 9. The van der Waals surface area contributed by atoms with Gasteiger partial charge in [-0.1, -0.05) is 13.3 Å². The van der Waals surface area contributed by atoms with Gasteiger partial charge in [-0.3, -0.25) is 14.9 Å². The van der Waals surface area contributed by atoms with Crippen LogP contribution in [-0.2, 0) is 9.53 Å². The van der Waals surface area contributed by atoms with Crippen LogP contribution in [-0.4, -0.2) is 29.3 Å². The van der Waals surface area contributed by atoms with Crippen molar-refractivity contribution in [2.75, 3.05) is 6.61 Å². The molecule has 1 saturated carbocycles. The molecule has 29 heavy (non-hydrogen) atoms. The van der Waals surface area contributed by atoms with E-state index in [1.807, 2.05) is 6.92 Å². The van der Waals surface area contributed by atoms with Crippen molar-refractivity contribution < 1.29 is 32.4 Å². The van der Waals surface area contributed by atoms with Gasteiger partial charge in [-0.15, -0.1) is 0 Å². The lowest BCUT2D eigenvalue weighted by molar-refractivity contribution is -0.388. The lowest BCUT2D eigenvalue weighted by Gasteiger charge is -2.25. The second-order valence-corrected chi connectivity index (χ2v) is 6.72. The van der Waals surface area contributed by atoms with E-state index in [0.717, 1.165) is 32.4 Å². The van der Waals surface area contributed by atoms with Gasteiger partial charge in [0.2, 0.25) is 11.6 Å². The molecule has 0 radical (unpaired) electrons. The summed E-state index contributed by atoms with van der Waals surface area (Å²) in [6.45, 7) is 2.66. The number of ketones is 1. The Bertz CT molecular complexity index is 866. The first-order valence-electron chi connectivity index (χ1n) is 9.20. The Labute approximate surface area is 165 Å². The molecule has 0 unspecified atom stereocenters. The number of nitro groups is 1. The van der Waals surface area contributed by atoms with Gasteiger partial charge in [0.25, 0.3) is 0 Å². The van der Waals surface area contributed by atoms with Crippen molar-refractivity contribution >= 4 is 17.4 Å². The lowest BCUT2D eigenvalue weighted by Crippen LogP contribution is -2.33. The van der Waals surface area contributed by atoms with E-state index in [1.54, 1.807) is 0 Å². The number of hydrogen-bond acceptors (Lipinski definition) is 6. The van der Waals surface area contributed by atoms with Gasteiger partial charge in [0, 0.05) is 17.8 Å². The number of Topliss-reactive ketones (excluding diaryl/α,β-unsaturated/α-hetero) is 1. The Balaban J connectivity index is 2.52. The van der Waals surface area contributed by atoms with Crippen molar-refractivity contribution in [3.8, 4) is 0 Å². The standard InChI is InChI=1S/C19H21F3N2O5/c1-3-4-8-29-19(26)12(9-23-11-6-5-7-11)18(25)13-14(20)10(2)15(21)16(22)17(13)24(27)28/h9,11,23H,3-8H2,1-2H3/b12-9+. The third-order valence-corrected chi connectivity index (χ3v) is 4.69. The second-order valence-electron chi connectivity index (χ2n) is 6.72. The minimum Gasteiger partial charge on any atom is -0.462 e. The van der Waals surface area contributed by atoms with Gasteiger partial charge in [-0.2, -0.15) is 4.39 Å². The van der Waals surface area contributed by atoms with Crippen LogP contribution in [0.25, 0.3) is 0 Å². The highest BCUT2D eigenvalue weighted by molar-refractivity contribution is 6.25. The fourth-order valence-electron chi connectivity index (χ4n) is 2.66. The molecule has 0 atom stereocenters. The third kappa shape index (κ3) is 4.75. The van der Waals surface area contributed by atoms with Crippen molar-refractivity contribution in [1.82, 2.24) is 5.32 Å². The zero-order chi connectivity index (χ0) is 21.7. The van der Waals surface area contributed by atoms with E-state index < -0.39 is 56.5 Å². The van der Waals surface area contributed by atoms with Crippen LogP contribution in [0.2, 0.25) is 0 Å². The number of benzene rings is 1. The maximum atomic E-state index is 14.6. The van der Waals surface area contributed by atoms with Crippen molar-refractivity contribution in [3.05, 3.63) is 50.5 Å². The van der Waals surface area contributed by atoms with E-state index in [2.05, 4.69) is 5.32 Å². The van der Waals surface area contributed by atoms with Crippen molar-refractivity contribution in [2.45, 2.75) is 52.0 Å². The van der Waals surface area contributed by atoms with Gasteiger partial charge >= 0.3 is 11.7 Å². The fraction of sp³-hybridized carbons (Fsp3) is 0.474. The predicted molar refractivity (Wildman–Crippen MR) is 96.8 cm³/mol. The van der Waals surface area contributed by atoms with Crippen molar-refractivity contribution in [3.63, 3.8) is 0 Å². The zero-order valence-electron chi connectivity index (χ0n) is 16.0. The Morgan fingerprint density at radius 2 is 1.90 bits per heavy atom. The number of carbonyl (C=O) groups is 2. The minimum atomic E-state index is -1.97. The average molecular weight is 414 g/mol. The first kappa shape index (κ1) is 22.4. The van der Waals surface area contributed by atoms with Crippen LogP contribution in [0.4, 0.5) is 18.9 Å². The molecule has 7 nitrogen and oxygen atoms in total. The molecule has 1 N–H and O–H groups in total. The Morgan fingerprint density at radius 1 is 1.24 bits per heavy atom. The summed E-state index contributed by atoms with van der Waals surface area (Å²) in [5.41, 5.74) is -4.60. The molecule has 0 bridgehead atoms. The van der Waals surface area contributed by atoms with Crippen LogP contribution in [0.15, 0.2) is 11.8 Å². The molecule has 2 rings (SSSR count). The molecule has 0 amide bonds. The monoisotopic (exact) mass is 414 g/mol. The van der Waals surface area contributed by atoms with Crippen LogP contribution < -0.4 is 5.32 Å². The van der Waals surface area contributed by atoms with Gasteiger partial charge in [-0.05, 0) is 32.6 Å². The lowest BCUT2D eigenvalue weighted by atomic mass is 9.93. The quantitative estimate of drug-likeness (QED) is 0.0758. The minimum absolute atomic E-state index is 0.0206. The summed E-state index contributed by atoms with van der Waals surface area (Å²) in [7, 11) is 0. The highest BCUT2D eigenvalue weighted by atomic mass is 19.2. The van der Waals surface area contributed by atoms with Crippen LogP contribution >= 0.6 is 0 Å². The van der Waals surface area contributed by atoms with E-state index in [0.29, 0.717) is 12.8 Å². The average Bonchev–Trinajstić information content (AvgIpc) is 2.64. The van der Waals surface area contributed by atoms with E-state index in [1.165, 1.54) is 0 Å². The molecule has 158 valence electrons. The van der Waals surface area contributed by atoms with Crippen LogP contribution in [0, 0.1) is 34.5 Å². The topological polar surface area (TPSA) is 98.5 Å². The zero-order valence-corrected chi connectivity index (χ0v) is 16.0. The molecule has 0 spiro atoms. The molecular weight excluding hydrogens is 393 g/mol. The summed E-state index contributed by atoms with van der Waals surface area (Å²) in [5.74, 6) is -7.93. The number of hydrogen-bond donors (Lipinski definition) is 1. The Hall–Kier alpha value is -2.91. The smallest absolute Gasteiger partial charge is 0.343 e. The van der Waals surface area contributed by atoms with Gasteiger partial charge in [0.1, 0.15) is 17.0 Å². The highest BCUT2D eigenvalue weighted by Gasteiger charge is 2.37. The summed E-state index contributed by atoms with van der Waals surface area (Å²) in [5, 5.41) is 14.0. The van der Waals surface area contributed by atoms with Crippen molar-refractivity contribution in [1.29, 1.82) is 0 Å². The second kappa shape index (κ2) is 9.53. The highest BCUT2D eigenvalue weighted by Crippen LogP contribution is 2.32. The number of unbranched alkanes of at least 4 members (excludes halogenated alkanes) is 1. The molecule has 10 heteroatoms. The summed E-state index contributed by atoms with van der Waals surface area (Å²) in [4.78, 5) is 35.0. The Morgan fingerprint density at radius 3 is 2.41 bits per heavy atom. The molecule has 1 fully saturated rings. The first-order valence-corrected chi connectivity index (χ1v) is 9.20. The normalized spacial score (nSPS) is 14.3. The van der Waals surface area contributed by atoms with Gasteiger partial charge < -0.3 is 10.1 Å². The number of carbonyl (C=O) groups excluding carboxylic acids is 2. The summed E-state index contributed by atoms with van der Waals surface area (Å²) < 4.78 is 47.5. The third-order valence-electron chi connectivity index (χ3n) is 4.69. The summed E-state index contributed by atoms with van der Waals surface area (Å²) in [6, 6.07) is -0.0206. The van der Waals surface area contributed by atoms with Gasteiger partial charge in [0.05, 0.1) is 11.5 Å². The molecular formula is C19H21F3N2O5. The maximum Gasteiger partial charge on any atom is 0.343 e. The van der Waals surface area contributed by atoms with E-state index in [-0.39, 0.29) is 12.6 Å². The van der Waals surface area contributed by atoms with Gasteiger partial charge in [-0.25, -0.2) is 13.6 Å². The molecule has 1 aliphatic carbocycles. The Kier molecular flexibility index (Phi) is 7.35. The molecule has 1 aliphatic rings. The molecule has 0 saturated heterocycles. The van der Waals surface area contributed by atoms with E-state index in [9.17, 15) is 32.9 Å².